The van der Waals surface area contributed by atoms with Crippen LogP contribution in [0.25, 0.3) is 0 Å². The lowest BCUT2D eigenvalue weighted by Crippen LogP contribution is -2.30. The van der Waals surface area contributed by atoms with Gasteiger partial charge in [-0.15, -0.1) is 0 Å². The van der Waals surface area contributed by atoms with Crippen LogP contribution in [0.3, 0.4) is 0 Å². The van der Waals surface area contributed by atoms with E-state index in [0.29, 0.717) is 12.6 Å². The average molecular weight is 297 g/mol. The first-order chi connectivity index (χ1) is 10.8. The quantitative estimate of drug-likeness (QED) is 0.896. The van der Waals surface area contributed by atoms with E-state index in [4.69, 9.17) is 4.74 Å². The molecule has 0 saturated carbocycles. The van der Waals surface area contributed by atoms with Gasteiger partial charge in [0.05, 0.1) is 18.2 Å². The largest absolute Gasteiger partial charge is 0.368 e. The van der Waals surface area contributed by atoms with Crippen LogP contribution in [0.1, 0.15) is 17.4 Å². The molecule has 1 aromatic heterocycles. The fourth-order valence-corrected chi connectivity index (χ4v) is 3.03. The summed E-state index contributed by atoms with van der Waals surface area (Å²) in [5.74, 6) is 1.77. The molecule has 0 aliphatic carbocycles. The maximum atomic E-state index is 5.87. The molecule has 1 fully saturated rings. The van der Waals surface area contributed by atoms with Gasteiger partial charge >= 0.3 is 0 Å². The van der Waals surface area contributed by atoms with Gasteiger partial charge in [0.15, 0.2) is 0 Å². The van der Waals surface area contributed by atoms with Crippen LogP contribution < -0.4 is 15.5 Å². The number of nitrogens with zero attached hydrogens (tertiary/aromatic N) is 3. The maximum Gasteiger partial charge on any atom is 0.141 e. The third-order valence-corrected chi connectivity index (χ3v) is 4.12. The number of anilines is 2. The molecule has 4 rings (SSSR count). The highest BCUT2D eigenvalue weighted by Gasteiger charge is 2.34. The van der Waals surface area contributed by atoms with Gasteiger partial charge in [-0.05, 0) is 5.56 Å². The smallest absolute Gasteiger partial charge is 0.141 e. The molecule has 2 aliphatic rings. The second kappa shape index (κ2) is 5.55. The van der Waals surface area contributed by atoms with Crippen molar-refractivity contribution < 1.29 is 4.74 Å². The van der Waals surface area contributed by atoms with Crippen LogP contribution in [0.5, 0.6) is 0 Å². The summed E-state index contributed by atoms with van der Waals surface area (Å²) < 4.78 is 5.87. The van der Waals surface area contributed by atoms with E-state index in [1.54, 1.807) is 6.33 Å². The number of fused-ring (bicyclic) bond motifs is 4. The molecule has 2 atom stereocenters. The summed E-state index contributed by atoms with van der Waals surface area (Å²) in [7, 11) is 2.05. The summed E-state index contributed by atoms with van der Waals surface area (Å²) >= 11 is 0. The summed E-state index contributed by atoms with van der Waals surface area (Å²) in [6, 6.07) is 10.7. The van der Waals surface area contributed by atoms with Gasteiger partial charge in [0, 0.05) is 20.1 Å². The molecule has 2 aliphatic heterocycles. The Morgan fingerprint density at radius 2 is 2.14 bits per heavy atom. The molecular weight excluding hydrogens is 278 g/mol. The Hall–Kier alpha value is -2.18. The maximum absolute atomic E-state index is 5.87. The highest BCUT2D eigenvalue weighted by atomic mass is 16.5. The van der Waals surface area contributed by atoms with Crippen LogP contribution in [-0.4, -0.2) is 36.2 Å². The second-order valence-electron chi connectivity index (χ2n) is 5.76. The van der Waals surface area contributed by atoms with E-state index < -0.39 is 0 Å². The molecule has 0 amide bonds. The first-order valence-electron chi connectivity index (χ1n) is 7.53. The molecule has 6 nitrogen and oxygen atoms in total. The van der Waals surface area contributed by atoms with Gasteiger partial charge < -0.3 is 15.0 Å². The SMILES string of the molecule is CN(Cc1ccccc1)c1ncnc2c1[C@H]1N[C@@H](CN2)CO1. The summed E-state index contributed by atoms with van der Waals surface area (Å²) in [4.78, 5) is 11.0. The Morgan fingerprint density at radius 1 is 1.27 bits per heavy atom. The van der Waals surface area contributed by atoms with E-state index in [-0.39, 0.29) is 6.23 Å². The molecular formula is C16H19N5O. The lowest BCUT2D eigenvalue weighted by atomic mass is 10.2. The van der Waals surface area contributed by atoms with E-state index >= 15 is 0 Å². The van der Waals surface area contributed by atoms with Crippen molar-refractivity contribution in [1.29, 1.82) is 0 Å². The Labute approximate surface area is 129 Å². The predicted octanol–water partition coefficient (Wildman–Crippen LogP) is 1.53. The van der Waals surface area contributed by atoms with Gasteiger partial charge in [-0.3, -0.25) is 5.32 Å². The number of ether oxygens (including phenoxy) is 1. The van der Waals surface area contributed by atoms with Crippen molar-refractivity contribution in [3.05, 3.63) is 47.8 Å². The third-order valence-electron chi connectivity index (χ3n) is 4.12. The Morgan fingerprint density at radius 3 is 3.00 bits per heavy atom. The summed E-state index contributed by atoms with van der Waals surface area (Å²) in [5.41, 5.74) is 2.25. The minimum atomic E-state index is -0.135. The summed E-state index contributed by atoms with van der Waals surface area (Å²) in [6.07, 6.45) is 1.48. The zero-order valence-corrected chi connectivity index (χ0v) is 12.5. The fourth-order valence-electron chi connectivity index (χ4n) is 3.03. The number of hydrogen-bond acceptors (Lipinski definition) is 6. The van der Waals surface area contributed by atoms with Crippen molar-refractivity contribution in [2.24, 2.45) is 0 Å². The van der Waals surface area contributed by atoms with Gasteiger partial charge in [-0.25, -0.2) is 9.97 Å². The molecule has 22 heavy (non-hydrogen) atoms. The first-order valence-corrected chi connectivity index (χ1v) is 7.53. The van der Waals surface area contributed by atoms with Gasteiger partial charge in [-0.1, -0.05) is 30.3 Å². The summed E-state index contributed by atoms with van der Waals surface area (Å²) in [5, 5.41) is 6.87. The monoisotopic (exact) mass is 297 g/mol. The van der Waals surface area contributed by atoms with Crippen LogP contribution in [0.2, 0.25) is 0 Å². The first kappa shape index (κ1) is 13.5. The van der Waals surface area contributed by atoms with Gasteiger partial charge in [-0.2, -0.15) is 0 Å². The minimum Gasteiger partial charge on any atom is -0.368 e. The fraction of sp³-hybridized carbons (Fsp3) is 0.375. The van der Waals surface area contributed by atoms with Gasteiger partial charge in [0.1, 0.15) is 24.2 Å². The van der Waals surface area contributed by atoms with Crippen LogP contribution >= 0.6 is 0 Å². The number of rotatable bonds is 3. The normalized spacial score (nSPS) is 22.6. The molecule has 2 N–H and O–H groups in total. The van der Waals surface area contributed by atoms with Crippen molar-refractivity contribution in [1.82, 2.24) is 15.3 Å². The molecule has 1 saturated heterocycles. The van der Waals surface area contributed by atoms with Crippen molar-refractivity contribution in [2.45, 2.75) is 18.8 Å². The number of hydrogen-bond donors (Lipinski definition) is 2. The molecule has 0 spiro atoms. The van der Waals surface area contributed by atoms with E-state index in [2.05, 4.69) is 49.8 Å². The Bertz CT molecular complexity index is 663. The molecule has 6 heteroatoms. The standard InChI is InChI=1S/C16H19N5O/c1-21(8-11-5-3-2-4-6-11)15-13-14(18-10-19-15)17-7-12-9-22-16(13)20-12/h2-6,10,12,16,20H,7-9H2,1H3,(H,17,18,19)/t12-,16-/m0/s1. The van der Waals surface area contributed by atoms with Crippen molar-refractivity contribution in [3.63, 3.8) is 0 Å². The highest BCUT2D eigenvalue weighted by Crippen LogP contribution is 2.35. The lowest BCUT2D eigenvalue weighted by molar-refractivity contribution is 0.100. The molecule has 0 radical (unpaired) electrons. The molecule has 3 heterocycles. The molecule has 2 aromatic rings. The third kappa shape index (κ3) is 2.40. The van der Waals surface area contributed by atoms with Gasteiger partial charge in [0.25, 0.3) is 0 Å². The van der Waals surface area contributed by atoms with Gasteiger partial charge in [0.2, 0.25) is 0 Å². The molecule has 1 aromatic carbocycles. The number of aromatic nitrogens is 2. The topological polar surface area (TPSA) is 62.3 Å². The molecule has 0 unspecified atom stereocenters. The van der Waals surface area contributed by atoms with Crippen molar-refractivity contribution in [3.8, 4) is 0 Å². The average Bonchev–Trinajstić information content (AvgIpc) is 2.93. The second-order valence-corrected chi connectivity index (χ2v) is 5.76. The molecule has 2 bridgehead atoms. The summed E-state index contributed by atoms with van der Waals surface area (Å²) in [6.45, 7) is 2.33. The van der Waals surface area contributed by atoms with Crippen LogP contribution in [0.4, 0.5) is 11.6 Å². The zero-order valence-electron chi connectivity index (χ0n) is 12.5. The van der Waals surface area contributed by atoms with Crippen LogP contribution in [0, 0.1) is 0 Å². The molecule has 114 valence electrons. The highest BCUT2D eigenvalue weighted by molar-refractivity contribution is 5.60. The minimum absolute atomic E-state index is 0.135. The van der Waals surface area contributed by atoms with E-state index in [9.17, 15) is 0 Å². The lowest BCUT2D eigenvalue weighted by Gasteiger charge is -2.24. The Balaban J connectivity index is 1.67. The Kier molecular flexibility index (Phi) is 3.40. The number of benzene rings is 1. The van der Waals surface area contributed by atoms with Crippen LogP contribution in [-0.2, 0) is 11.3 Å². The van der Waals surface area contributed by atoms with E-state index in [1.165, 1.54) is 5.56 Å². The number of nitrogens with one attached hydrogen (secondary N) is 2. The van der Waals surface area contributed by atoms with E-state index in [0.717, 1.165) is 30.3 Å². The van der Waals surface area contributed by atoms with Crippen molar-refractivity contribution in [2.75, 3.05) is 30.4 Å². The van der Waals surface area contributed by atoms with E-state index in [1.807, 2.05) is 13.1 Å². The van der Waals surface area contributed by atoms with Crippen LogP contribution in [0.15, 0.2) is 36.7 Å². The zero-order chi connectivity index (χ0) is 14.9. The predicted molar refractivity (Wildman–Crippen MR) is 84.7 cm³/mol. The van der Waals surface area contributed by atoms with Crippen molar-refractivity contribution >= 4 is 11.6 Å².